The number of hydrogen-bond acceptors (Lipinski definition) is 5. The average Bonchev–Trinajstić information content (AvgIpc) is 2.83. The number of likely N-dealkylation sites (tertiary alicyclic amines) is 2. The third-order valence-corrected chi connectivity index (χ3v) is 8.27. The lowest BCUT2D eigenvalue weighted by atomic mass is 9.70. The van der Waals surface area contributed by atoms with Gasteiger partial charge in [0.05, 0.1) is 35.3 Å². The normalized spacial score (nSPS) is 20.4. The van der Waals surface area contributed by atoms with Crippen molar-refractivity contribution in [1.29, 1.82) is 0 Å². The third kappa shape index (κ3) is 4.54. The maximum Gasteiger partial charge on any atom is 0.416 e. The van der Waals surface area contributed by atoms with Gasteiger partial charge in [0.2, 0.25) is 5.88 Å². The van der Waals surface area contributed by atoms with Crippen LogP contribution in [0.4, 0.5) is 22.8 Å². The average molecular weight is 580 g/mol. The summed E-state index contributed by atoms with van der Waals surface area (Å²) in [5.74, 6) is 0.174. The number of carboxylic acid groups (broad SMARTS) is 2. The Bertz CT molecular complexity index is 1450. The fraction of sp³-hybridized carbons (Fsp3) is 0.370. The fourth-order valence-corrected chi connectivity index (χ4v) is 5.88. The first-order chi connectivity index (χ1) is 18.9. The van der Waals surface area contributed by atoms with E-state index in [1.807, 2.05) is 0 Å². The van der Waals surface area contributed by atoms with Gasteiger partial charge in [-0.15, -0.1) is 0 Å². The molecule has 0 radical (unpaired) electrons. The third-order valence-electron chi connectivity index (χ3n) is 7.84. The van der Waals surface area contributed by atoms with Gasteiger partial charge >= 0.3 is 18.4 Å². The minimum absolute atomic E-state index is 0.0996. The number of aliphatic hydroxyl groups is 1. The Kier molecular flexibility index (Phi) is 6.95. The van der Waals surface area contributed by atoms with Crippen molar-refractivity contribution in [2.24, 2.45) is 0 Å². The number of fused-ring (bicyclic) bond motifs is 1. The minimum atomic E-state index is -4.47. The van der Waals surface area contributed by atoms with Crippen molar-refractivity contribution in [3.05, 3.63) is 69.7 Å². The molecular weight excluding hydrogens is 555 g/mol. The van der Waals surface area contributed by atoms with Gasteiger partial charge in [-0.05, 0) is 48.2 Å². The number of hydrogen-bond donors (Lipinski definition) is 3. The molecule has 2 atom stereocenters. The Morgan fingerprint density at radius 2 is 1.55 bits per heavy atom. The highest BCUT2D eigenvalue weighted by molar-refractivity contribution is 6.36. The lowest BCUT2D eigenvalue weighted by Crippen LogP contribution is -2.71. The number of pyridine rings is 1. The van der Waals surface area contributed by atoms with Crippen LogP contribution in [-0.4, -0.2) is 74.6 Å². The Morgan fingerprint density at radius 3 is 2.00 bits per heavy atom. The van der Waals surface area contributed by atoms with Crippen LogP contribution in [0.5, 0.6) is 5.88 Å². The van der Waals surface area contributed by atoms with Crippen LogP contribution in [0.2, 0.25) is 5.02 Å². The summed E-state index contributed by atoms with van der Waals surface area (Å²) in [6, 6.07) is 7.58. The quantitative estimate of drug-likeness (QED) is 0.367. The number of nitrogens with zero attached hydrogens (tertiary/aromatic N) is 3. The molecule has 1 aromatic heterocycles. The van der Waals surface area contributed by atoms with Crippen molar-refractivity contribution in [2.45, 2.75) is 43.1 Å². The Labute approximate surface area is 231 Å². The second kappa shape index (κ2) is 10.0. The van der Waals surface area contributed by atoms with E-state index in [0.29, 0.717) is 34.9 Å². The van der Waals surface area contributed by atoms with Gasteiger partial charge in [-0.3, -0.25) is 0 Å². The largest absolute Gasteiger partial charge is 0.481 e. The second-order valence-corrected chi connectivity index (χ2v) is 10.3. The molecule has 2 aliphatic rings. The lowest BCUT2D eigenvalue weighted by molar-refractivity contribution is -0.153. The maximum atomic E-state index is 13.0. The van der Waals surface area contributed by atoms with Crippen LogP contribution in [0.25, 0.3) is 10.9 Å². The van der Waals surface area contributed by atoms with Crippen LogP contribution in [0.3, 0.4) is 0 Å². The number of ether oxygens (including phenoxy) is 1. The van der Waals surface area contributed by atoms with Crippen molar-refractivity contribution in [3.8, 4) is 5.88 Å². The molecule has 5 rings (SSSR count). The van der Waals surface area contributed by atoms with E-state index >= 15 is 0 Å². The number of benzene rings is 2. The van der Waals surface area contributed by atoms with Gasteiger partial charge in [-0.1, -0.05) is 29.8 Å². The molecule has 2 amide bonds. The maximum absolute atomic E-state index is 13.0. The van der Waals surface area contributed by atoms with Gasteiger partial charge in [0, 0.05) is 30.5 Å². The predicted molar refractivity (Wildman–Crippen MR) is 138 cm³/mol. The lowest BCUT2D eigenvalue weighted by Gasteiger charge is -2.56. The van der Waals surface area contributed by atoms with Crippen molar-refractivity contribution in [2.75, 3.05) is 20.2 Å². The fourth-order valence-electron chi connectivity index (χ4n) is 5.58. The predicted octanol–water partition coefficient (Wildman–Crippen LogP) is 5.20. The van der Waals surface area contributed by atoms with Crippen molar-refractivity contribution < 1.29 is 42.8 Å². The first-order valence-electron chi connectivity index (χ1n) is 12.4. The Morgan fingerprint density at radius 1 is 1.00 bits per heavy atom. The summed E-state index contributed by atoms with van der Waals surface area (Å²) < 4.78 is 44.4. The van der Waals surface area contributed by atoms with E-state index in [-0.39, 0.29) is 36.0 Å². The summed E-state index contributed by atoms with van der Waals surface area (Å²) >= 11 is 6.82. The Balaban J connectivity index is 1.59. The molecule has 3 aromatic rings. The van der Waals surface area contributed by atoms with Crippen LogP contribution < -0.4 is 4.74 Å². The monoisotopic (exact) mass is 579 g/mol. The SMILES string of the molecule is COc1nc2ccc(C(O)(C3CCN3C(=O)O)C3CCN3C(=O)O)cc2c(Cl)c1Cc1ccc(C(F)(F)F)cc1. The number of alkyl halides is 3. The summed E-state index contributed by atoms with van der Waals surface area (Å²) in [5.41, 5.74) is -1.03. The zero-order valence-corrected chi connectivity index (χ0v) is 21.9. The molecule has 2 saturated heterocycles. The molecular formula is C27H25ClF3N3O6. The van der Waals surface area contributed by atoms with Crippen molar-refractivity contribution in [3.63, 3.8) is 0 Å². The van der Waals surface area contributed by atoms with Crippen LogP contribution in [0.1, 0.15) is 35.1 Å². The molecule has 2 aromatic carbocycles. The van der Waals surface area contributed by atoms with Crippen LogP contribution >= 0.6 is 11.6 Å². The number of carbonyl (C=O) groups is 2. The number of aromatic nitrogens is 1. The van der Waals surface area contributed by atoms with E-state index < -0.39 is 41.6 Å². The van der Waals surface area contributed by atoms with E-state index in [2.05, 4.69) is 4.98 Å². The highest BCUT2D eigenvalue weighted by atomic mass is 35.5. The van der Waals surface area contributed by atoms with Crippen molar-refractivity contribution >= 4 is 34.7 Å². The molecule has 2 unspecified atom stereocenters. The molecule has 212 valence electrons. The van der Waals surface area contributed by atoms with Gasteiger partial charge in [0.15, 0.2) is 0 Å². The van der Waals surface area contributed by atoms with Gasteiger partial charge < -0.3 is 29.9 Å². The summed E-state index contributed by atoms with van der Waals surface area (Å²) in [6.45, 7) is 0.402. The molecule has 0 bridgehead atoms. The van der Waals surface area contributed by atoms with E-state index in [1.54, 1.807) is 18.2 Å². The molecule has 0 saturated carbocycles. The molecule has 9 nitrogen and oxygen atoms in total. The topological polar surface area (TPSA) is 123 Å². The molecule has 2 aliphatic heterocycles. The number of methoxy groups -OCH3 is 1. The van der Waals surface area contributed by atoms with E-state index in [9.17, 15) is 38.1 Å². The number of amides is 2. The van der Waals surface area contributed by atoms with E-state index in [0.717, 1.165) is 21.9 Å². The second-order valence-electron chi connectivity index (χ2n) is 9.90. The minimum Gasteiger partial charge on any atom is -0.481 e. The first-order valence-corrected chi connectivity index (χ1v) is 12.8. The molecule has 3 heterocycles. The summed E-state index contributed by atoms with van der Waals surface area (Å²) in [4.78, 5) is 30.3. The zero-order chi connectivity index (χ0) is 29.0. The molecule has 0 spiro atoms. The van der Waals surface area contributed by atoms with E-state index in [1.165, 1.54) is 19.2 Å². The van der Waals surface area contributed by atoms with Crippen LogP contribution in [-0.2, 0) is 18.2 Å². The summed E-state index contributed by atoms with van der Waals surface area (Å²) in [5, 5.41) is 32.0. The van der Waals surface area contributed by atoms with Gasteiger partial charge in [0.1, 0.15) is 5.60 Å². The summed E-state index contributed by atoms with van der Waals surface area (Å²) in [6.07, 6.45) is -6.15. The molecule has 0 aliphatic carbocycles. The van der Waals surface area contributed by atoms with Gasteiger partial charge in [-0.2, -0.15) is 13.2 Å². The van der Waals surface area contributed by atoms with Crippen LogP contribution in [0, 0.1) is 0 Å². The van der Waals surface area contributed by atoms with E-state index in [4.69, 9.17) is 16.3 Å². The first kappa shape index (κ1) is 27.8. The van der Waals surface area contributed by atoms with Gasteiger partial charge in [-0.25, -0.2) is 14.6 Å². The molecule has 13 heteroatoms. The summed E-state index contributed by atoms with van der Waals surface area (Å²) in [7, 11) is 1.39. The molecule has 2 fully saturated rings. The highest BCUT2D eigenvalue weighted by Crippen LogP contribution is 2.46. The number of halogens is 4. The van der Waals surface area contributed by atoms with Crippen LogP contribution in [0.15, 0.2) is 42.5 Å². The standard InChI is InChI=1S/C27H25ClF3N3O6/c1-40-23-18(12-14-2-4-15(5-3-14)27(29,30)31)22(28)17-13-16(6-7-19(17)32-23)26(39,20-8-10-33(20)24(35)36)21-9-11-34(21)25(37)38/h2-7,13,20-21,39H,8-12H2,1H3,(H,35,36)(H,37,38). The number of rotatable bonds is 6. The zero-order valence-electron chi connectivity index (χ0n) is 21.2. The Hall–Kier alpha value is -3.77. The molecule has 40 heavy (non-hydrogen) atoms. The highest BCUT2D eigenvalue weighted by Gasteiger charge is 2.58. The smallest absolute Gasteiger partial charge is 0.416 e. The van der Waals surface area contributed by atoms with Crippen molar-refractivity contribution in [1.82, 2.24) is 14.8 Å². The van der Waals surface area contributed by atoms with Gasteiger partial charge in [0.25, 0.3) is 0 Å². The molecule has 3 N–H and O–H groups in total.